The molecule has 8 heteroatoms. The van der Waals surface area contributed by atoms with E-state index in [-0.39, 0.29) is 11.5 Å². The summed E-state index contributed by atoms with van der Waals surface area (Å²) in [6.07, 6.45) is 6.27. The van der Waals surface area contributed by atoms with Gasteiger partial charge in [0.2, 0.25) is 5.82 Å². The summed E-state index contributed by atoms with van der Waals surface area (Å²) in [4.78, 5) is 22.2. The van der Waals surface area contributed by atoms with Crippen molar-refractivity contribution >= 4 is 17.3 Å². The predicted octanol–water partition coefficient (Wildman–Crippen LogP) is 1.30. The van der Waals surface area contributed by atoms with Crippen molar-refractivity contribution in [1.82, 2.24) is 15.0 Å². The molecule has 0 aliphatic heterocycles. The smallest absolute Gasteiger partial charge is 0.311 e. The third-order valence-corrected chi connectivity index (χ3v) is 2.27. The molecule has 2 aromatic rings. The highest BCUT2D eigenvalue weighted by atomic mass is 16.6. The zero-order valence-electron chi connectivity index (χ0n) is 9.98. The van der Waals surface area contributed by atoms with Gasteiger partial charge >= 0.3 is 5.69 Å². The van der Waals surface area contributed by atoms with Gasteiger partial charge in [0.15, 0.2) is 0 Å². The topological polar surface area (TPSA) is 106 Å². The Morgan fingerprint density at radius 2 is 2.00 bits per heavy atom. The van der Waals surface area contributed by atoms with Crippen molar-refractivity contribution < 1.29 is 4.92 Å². The molecular formula is C11H12N6O2. The van der Waals surface area contributed by atoms with E-state index < -0.39 is 4.92 Å². The van der Waals surface area contributed by atoms with Crippen LogP contribution < -0.4 is 10.6 Å². The van der Waals surface area contributed by atoms with E-state index >= 15 is 0 Å². The van der Waals surface area contributed by atoms with Crippen LogP contribution in [0.5, 0.6) is 0 Å². The van der Waals surface area contributed by atoms with Gasteiger partial charge in [0.25, 0.3) is 0 Å². The Morgan fingerprint density at radius 1 is 1.16 bits per heavy atom. The molecule has 0 fully saturated rings. The highest BCUT2D eigenvalue weighted by Gasteiger charge is 2.12. The minimum atomic E-state index is -0.467. The lowest BCUT2D eigenvalue weighted by Gasteiger charge is -2.07. The molecule has 0 amide bonds. The molecule has 0 bridgehead atoms. The Morgan fingerprint density at radius 3 is 2.74 bits per heavy atom. The van der Waals surface area contributed by atoms with Crippen LogP contribution in [0, 0.1) is 10.1 Å². The molecule has 2 heterocycles. The summed E-state index contributed by atoms with van der Waals surface area (Å²) in [7, 11) is 0. The molecule has 0 spiro atoms. The maximum Gasteiger partial charge on any atom is 0.311 e. The second-order valence-corrected chi connectivity index (χ2v) is 3.57. The van der Waals surface area contributed by atoms with Gasteiger partial charge in [0.05, 0.1) is 11.1 Å². The molecule has 2 N–H and O–H groups in total. The summed E-state index contributed by atoms with van der Waals surface area (Å²) < 4.78 is 0. The third kappa shape index (κ3) is 3.60. The molecule has 0 radical (unpaired) electrons. The number of aromatic nitrogens is 3. The molecule has 98 valence electrons. The van der Waals surface area contributed by atoms with Crippen molar-refractivity contribution in [2.24, 2.45) is 0 Å². The van der Waals surface area contributed by atoms with Crippen molar-refractivity contribution in [1.29, 1.82) is 0 Å². The molecule has 0 saturated heterocycles. The average Bonchev–Trinajstić information content (AvgIpc) is 2.45. The lowest BCUT2D eigenvalue weighted by Crippen LogP contribution is -2.15. The van der Waals surface area contributed by atoms with Gasteiger partial charge in [0, 0.05) is 37.7 Å². The van der Waals surface area contributed by atoms with Crippen LogP contribution in [0.3, 0.4) is 0 Å². The molecule has 2 rings (SSSR count). The highest BCUT2D eigenvalue weighted by Crippen LogP contribution is 2.19. The standard InChI is InChI=1S/C11H12N6O2/c18-17(19)9-2-1-3-15-11(9)16-7-6-14-10-8-12-4-5-13-10/h1-5,8H,6-7H2,(H,13,14)(H,15,16). The largest absolute Gasteiger partial charge is 0.367 e. The molecule has 0 atom stereocenters. The van der Waals surface area contributed by atoms with Crippen molar-refractivity contribution in [3.05, 3.63) is 47.0 Å². The SMILES string of the molecule is O=[N+]([O-])c1cccnc1NCCNc1cnccn1. The number of pyridine rings is 1. The summed E-state index contributed by atoms with van der Waals surface area (Å²) in [5.74, 6) is 0.910. The lowest BCUT2D eigenvalue weighted by atomic mass is 10.4. The van der Waals surface area contributed by atoms with Crippen LogP contribution in [-0.2, 0) is 0 Å². The van der Waals surface area contributed by atoms with E-state index in [1.807, 2.05) is 0 Å². The van der Waals surface area contributed by atoms with Gasteiger partial charge in [0.1, 0.15) is 5.82 Å². The van der Waals surface area contributed by atoms with E-state index in [0.717, 1.165) is 0 Å². The van der Waals surface area contributed by atoms with Crippen LogP contribution >= 0.6 is 0 Å². The van der Waals surface area contributed by atoms with Crippen LogP contribution in [0.1, 0.15) is 0 Å². The van der Waals surface area contributed by atoms with Crippen LogP contribution in [-0.4, -0.2) is 33.0 Å². The third-order valence-electron chi connectivity index (χ3n) is 2.27. The Kier molecular flexibility index (Phi) is 4.17. The average molecular weight is 260 g/mol. The maximum absolute atomic E-state index is 10.8. The van der Waals surface area contributed by atoms with E-state index in [2.05, 4.69) is 25.6 Å². The molecule has 0 saturated carbocycles. The normalized spacial score (nSPS) is 9.89. The minimum absolute atomic E-state index is 0.0398. The van der Waals surface area contributed by atoms with Gasteiger partial charge in [-0.1, -0.05) is 0 Å². The minimum Gasteiger partial charge on any atom is -0.367 e. The summed E-state index contributed by atoms with van der Waals surface area (Å²) in [5, 5.41) is 16.7. The Balaban J connectivity index is 1.85. The maximum atomic E-state index is 10.8. The number of nitrogens with zero attached hydrogens (tertiary/aromatic N) is 4. The Bertz CT molecular complexity index is 548. The van der Waals surface area contributed by atoms with Crippen LogP contribution in [0.15, 0.2) is 36.9 Å². The highest BCUT2D eigenvalue weighted by molar-refractivity contribution is 5.55. The van der Waals surface area contributed by atoms with Gasteiger partial charge in [-0.3, -0.25) is 15.1 Å². The number of nitrogens with one attached hydrogen (secondary N) is 2. The molecule has 19 heavy (non-hydrogen) atoms. The molecule has 2 aromatic heterocycles. The van der Waals surface area contributed by atoms with E-state index in [0.29, 0.717) is 18.9 Å². The molecule has 0 aliphatic rings. The monoisotopic (exact) mass is 260 g/mol. The predicted molar refractivity (Wildman–Crippen MR) is 69.9 cm³/mol. The summed E-state index contributed by atoms with van der Waals surface area (Å²) in [6.45, 7) is 1.03. The second kappa shape index (κ2) is 6.24. The van der Waals surface area contributed by atoms with E-state index in [1.165, 1.54) is 18.3 Å². The van der Waals surface area contributed by atoms with Crippen LogP contribution in [0.25, 0.3) is 0 Å². The van der Waals surface area contributed by atoms with E-state index in [4.69, 9.17) is 0 Å². The molecule has 0 aliphatic carbocycles. The van der Waals surface area contributed by atoms with Gasteiger partial charge < -0.3 is 10.6 Å². The first-order valence-electron chi connectivity index (χ1n) is 5.60. The zero-order valence-corrected chi connectivity index (χ0v) is 9.98. The molecule has 8 nitrogen and oxygen atoms in total. The van der Waals surface area contributed by atoms with Gasteiger partial charge in [-0.15, -0.1) is 0 Å². The quantitative estimate of drug-likeness (QED) is 0.458. The van der Waals surface area contributed by atoms with Crippen LogP contribution in [0.4, 0.5) is 17.3 Å². The zero-order chi connectivity index (χ0) is 13.5. The van der Waals surface area contributed by atoms with Crippen molar-refractivity contribution in [3.63, 3.8) is 0 Å². The Hall–Kier alpha value is -2.77. The summed E-state index contributed by atoms with van der Waals surface area (Å²) in [6, 6.07) is 2.94. The number of hydrogen-bond donors (Lipinski definition) is 2. The molecule has 0 aromatic carbocycles. The first-order valence-corrected chi connectivity index (χ1v) is 5.60. The second-order valence-electron chi connectivity index (χ2n) is 3.57. The summed E-state index contributed by atoms with van der Waals surface area (Å²) >= 11 is 0. The fourth-order valence-electron chi connectivity index (χ4n) is 1.44. The first-order chi connectivity index (χ1) is 9.27. The fourth-order valence-corrected chi connectivity index (χ4v) is 1.44. The molecular weight excluding hydrogens is 248 g/mol. The van der Waals surface area contributed by atoms with Crippen molar-refractivity contribution in [2.75, 3.05) is 23.7 Å². The number of rotatable bonds is 6. The summed E-state index contributed by atoms with van der Waals surface area (Å²) in [5.41, 5.74) is -0.0398. The first kappa shape index (κ1) is 12.7. The molecule has 0 unspecified atom stereocenters. The van der Waals surface area contributed by atoms with Crippen molar-refractivity contribution in [3.8, 4) is 0 Å². The van der Waals surface area contributed by atoms with Crippen LogP contribution in [0.2, 0.25) is 0 Å². The van der Waals surface area contributed by atoms with Crippen molar-refractivity contribution in [2.45, 2.75) is 0 Å². The number of hydrogen-bond acceptors (Lipinski definition) is 7. The number of anilines is 2. The van der Waals surface area contributed by atoms with Gasteiger partial charge in [-0.05, 0) is 6.07 Å². The number of nitro groups is 1. The lowest BCUT2D eigenvalue weighted by molar-refractivity contribution is -0.384. The van der Waals surface area contributed by atoms with Gasteiger partial charge in [-0.25, -0.2) is 9.97 Å². The van der Waals surface area contributed by atoms with E-state index in [9.17, 15) is 10.1 Å². The van der Waals surface area contributed by atoms with E-state index in [1.54, 1.807) is 18.6 Å². The Labute approximate surface area is 109 Å². The fraction of sp³-hybridized carbons (Fsp3) is 0.182. The van der Waals surface area contributed by atoms with Gasteiger partial charge in [-0.2, -0.15) is 0 Å².